The highest BCUT2D eigenvalue weighted by molar-refractivity contribution is 7.14. The van der Waals surface area contributed by atoms with Crippen LogP contribution in [0.3, 0.4) is 0 Å². The van der Waals surface area contributed by atoms with E-state index in [1.807, 2.05) is 12.1 Å². The van der Waals surface area contributed by atoms with Gasteiger partial charge in [0.25, 0.3) is 5.91 Å². The van der Waals surface area contributed by atoms with Gasteiger partial charge in [-0.2, -0.15) is 0 Å². The molecule has 2 heterocycles. The average molecular weight is 372 g/mol. The van der Waals surface area contributed by atoms with Gasteiger partial charge in [-0.05, 0) is 43.0 Å². The molecule has 26 heavy (non-hydrogen) atoms. The zero-order valence-electron chi connectivity index (χ0n) is 14.7. The Morgan fingerprint density at radius 1 is 1.19 bits per heavy atom. The lowest BCUT2D eigenvalue weighted by molar-refractivity contribution is -0.120. The Hall–Kier alpha value is -2.54. The number of nitrogens with one attached hydrogen (secondary N) is 1. The minimum absolute atomic E-state index is 0.00111. The van der Waals surface area contributed by atoms with Gasteiger partial charge in [0.2, 0.25) is 12.7 Å². The fraction of sp³-hybridized carbons (Fsp3) is 0.368. The summed E-state index contributed by atoms with van der Waals surface area (Å²) in [7, 11) is 3.51. The molecule has 0 spiro atoms. The van der Waals surface area contributed by atoms with E-state index in [9.17, 15) is 9.59 Å². The van der Waals surface area contributed by atoms with Crippen LogP contribution in [0.25, 0.3) is 0 Å². The number of aryl methyl sites for hydroxylation is 1. The lowest BCUT2D eigenvalue weighted by atomic mass is 9.87. The van der Waals surface area contributed by atoms with Gasteiger partial charge in [-0.15, -0.1) is 11.3 Å². The van der Waals surface area contributed by atoms with Gasteiger partial charge in [-0.1, -0.05) is 0 Å². The molecule has 1 aliphatic heterocycles. The topological polar surface area (TPSA) is 67.9 Å². The fourth-order valence-corrected chi connectivity index (χ4v) is 4.52. The Labute approximate surface area is 155 Å². The minimum atomic E-state index is -0.0927. The number of fused-ring (bicyclic) bond motifs is 2. The largest absolute Gasteiger partial charge is 0.454 e. The number of amides is 2. The van der Waals surface area contributed by atoms with Crippen LogP contribution in [0.5, 0.6) is 11.5 Å². The third-order valence-corrected chi connectivity index (χ3v) is 5.94. The van der Waals surface area contributed by atoms with Crippen LogP contribution < -0.4 is 14.8 Å². The third-order valence-electron chi connectivity index (χ3n) is 4.71. The third kappa shape index (κ3) is 3.14. The van der Waals surface area contributed by atoms with Crippen LogP contribution in [0.4, 0.5) is 5.69 Å². The number of ether oxygens (including phenoxy) is 2. The molecule has 2 amide bonds. The first-order chi connectivity index (χ1) is 12.5. The van der Waals surface area contributed by atoms with Crippen LogP contribution in [0.15, 0.2) is 24.3 Å². The summed E-state index contributed by atoms with van der Waals surface area (Å²) in [6.45, 7) is 0.213. The van der Waals surface area contributed by atoms with E-state index in [4.69, 9.17) is 9.47 Å². The zero-order chi connectivity index (χ0) is 18.3. The van der Waals surface area contributed by atoms with Gasteiger partial charge < -0.3 is 19.7 Å². The molecule has 1 aromatic heterocycles. The molecule has 2 aromatic rings. The molecule has 0 unspecified atom stereocenters. The normalized spacial score (nSPS) is 17.5. The number of carbonyl (C=O) groups excluding carboxylic acids is 2. The number of benzene rings is 1. The first kappa shape index (κ1) is 16.9. The van der Waals surface area contributed by atoms with Crippen molar-refractivity contribution in [3.8, 4) is 11.5 Å². The lowest BCUT2D eigenvalue weighted by Gasteiger charge is -2.21. The molecule has 0 fully saturated rings. The van der Waals surface area contributed by atoms with Gasteiger partial charge in [0.1, 0.15) is 0 Å². The van der Waals surface area contributed by atoms with Crippen LogP contribution in [0.1, 0.15) is 26.5 Å². The highest BCUT2D eigenvalue weighted by atomic mass is 32.1. The smallest absolute Gasteiger partial charge is 0.263 e. The maximum absolute atomic E-state index is 12.7. The summed E-state index contributed by atoms with van der Waals surface area (Å²) in [5.41, 5.74) is 1.83. The maximum atomic E-state index is 12.7. The Kier molecular flexibility index (Phi) is 4.32. The first-order valence-corrected chi connectivity index (χ1v) is 9.36. The maximum Gasteiger partial charge on any atom is 0.263 e. The summed E-state index contributed by atoms with van der Waals surface area (Å²) in [5, 5.41) is 2.97. The van der Waals surface area contributed by atoms with Crippen LogP contribution >= 0.6 is 11.3 Å². The van der Waals surface area contributed by atoms with Gasteiger partial charge in [-0.3, -0.25) is 9.59 Å². The van der Waals surface area contributed by atoms with Crippen molar-refractivity contribution in [1.82, 2.24) is 4.90 Å². The lowest BCUT2D eigenvalue weighted by Crippen LogP contribution is -2.27. The van der Waals surface area contributed by atoms with Crippen molar-refractivity contribution in [3.63, 3.8) is 0 Å². The van der Waals surface area contributed by atoms with Crippen molar-refractivity contribution < 1.29 is 19.1 Å². The molecule has 1 aliphatic carbocycles. The number of anilines is 1. The number of hydrogen-bond acceptors (Lipinski definition) is 5. The number of rotatable bonds is 3. The Morgan fingerprint density at radius 2 is 2.00 bits per heavy atom. The molecule has 0 bridgehead atoms. The van der Waals surface area contributed by atoms with Crippen LogP contribution in [0.2, 0.25) is 0 Å². The monoisotopic (exact) mass is 372 g/mol. The Morgan fingerprint density at radius 3 is 2.81 bits per heavy atom. The van der Waals surface area contributed by atoms with Gasteiger partial charge in [0.15, 0.2) is 11.5 Å². The predicted octanol–water partition coefficient (Wildman–Crippen LogP) is 2.92. The summed E-state index contributed by atoms with van der Waals surface area (Å²) in [5.74, 6) is 1.27. The Bertz CT molecular complexity index is 874. The number of thiophene rings is 1. The first-order valence-electron chi connectivity index (χ1n) is 8.55. The van der Waals surface area contributed by atoms with Crippen LogP contribution in [0, 0.1) is 5.92 Å². The molecule has 4 rings (SSSR count). The molecule has 0 saturated carbocycles. The summed E-state index contributed by atoms with van der Waals surface area (Å²) in [4.78, 5) is 28.4. The number of hydrogen-bond donors (Lipinski definition) is 1. The highest BCUT2D eigenvalue weighted by Crippen LogP contribution is 2.36. The fourth-order valence-electron chi connectivity index (χ4n) is 3.29. The second-order valence-electron chi connectivity index (χ2n) is 6.76. The molecule has 1 atom stereocenters. The van der Waals surface area contributed by atoms with E-state index in [0.29, 0.717) is 23.6 Å². The molecule has 6 nitrogen and oxygen atoms in total. The van der Waals surface area contributed by atoms with Crippen molar-refractivity contribution in [3.05, 3.63) is 39.6 Å². The second-order valence-corrected chi connectivity index (χ2v) is 7.89. The van der Waals surface area contributed by atoms with Gasteiger partial charge in [0, 0.05) is 36.6 Å². The molecule has 0 saturated heterocycles. The molecule has 136 valence electrons. The summed E-state index contributed by atoms with van der Waals surface area (Å²) < 4.78 is 10.6. The van der Waals surface area contributed by atoms with E-state index in [2.05, 4.69) is 5.32 Å². The molecule has 1 N–H and O–H groups in total. The van der Waals surface area contributed by atoms with Crippen molar-refractivity contribution in [1.29, 1.82) is 0 Å². The van der Waals surface area contributed by atoms with E-state index in [-0.39, 0.29) is 24.5 Å². The second kappa shape index (κ2) is 6.64. The van der Waals surface area contributed by atoms with Gasteiger partial charge in [-0.25, -0.2) is 0 Å². The highest BCUT2D eigenvalue weighted by Gasteiger charge is 2.28. The van der Waals surface area contributed by atoms with Crippen molar-refractivity contribution in [2.45, 2.75) is 19.3 Å². The molecular weight excluding hydrogens is 352 g/mol. The van der Waals surface area contributed by atoms with E-state index in [1.54, 1.807) is 42.5 Å². The standard InChI is InChI=1S/C19H20N2O4S/c1-21(2)19(23)17-8-12-7-11(3-6-16(12)26-17)18(22)20-13-4-5-14-15(9-13)25-10-24-14/h4-5,8-9,11H,3,6-7,10H2,1-2H3,(H,20,22)/t11-/m0/s1. The number of nitrogens with zero attached hydrogens (tertiary/aromatic N) is 1. The van der Waals surface area contributed by atoms with Crippen molar-refractivity contribution >= 4 is 28.8 Å². The van der Waals surface area contributed by atoms with Gasteiger partial charge >= 0.3 is 0 Å². The van der Waals surface area contributed by atoms with Crippen LogP contribution in [-0.4, -0.2) is 37.6 Å². The van der Waals surface area contributed by atoms with E-state index < -0.39 is 0 Å². The van der Waals surface area contributed by atoms with E-state index >= 15 is 0 Å². The SMILES string of the molecule is CN(C)C(=O)c1cc2c(s1)CC[C@H](C(=O)Nc1ccc3c(c1)OCO3)C2. The minimum Gasteiger partial charge on any atom is -0.454 e. The molecule has 0 radical (unpaired) electrons. The van der Waals surface area contributed by atoms with E-state index in [1.165, 1.54) is 4.88 Å². The van der Waals surface area contributed by atoms with E-state index in [0.717, 1.165) is 23.3 Å². The molecule has 7 heteroatoms. The van der Waals surface area contributed by atoms with Crippen molar-refractivity contribution in [2.75, 3.05) is 26.2 Å². The molecular formula is C19H20N2O4S. The molecule has 2 aliphatic rings. The zero-order valence-corrected chi connectivity index (χ0v) is 15.5. The summed E-state index contributed by atoms with van der Waals surface area (Å²) in [6, 6.07) is 7.35. The summed E-state index contributed by atoms with van der Waals surface area (Å²) in [6.07, 6.45) is 2.29. The quantitative estimate of drug-likeness (QED) is 0.900. The number of carbonyl (C=O) groups is 2. The Balaban J connectivity index is 1.45. The summed E-state index contributed by atoms with van der Waals surface area (Å²) >= 11 is 1.55. The van der Waals surface area contributed by atoms with Crippen molar-refractivity contribution in [2.24, 2.45) is 5.92 Å². The van der Waals surface area contributed by atoms with Gasteiger partial charge in [0.05, 0.1) is 4.88 Å². The molecule has 1 aromatic carbocycles. The average Bonchev–Trinajstić information content (AvgIpc) is 3.26. The van der Waals surface area contributed by atoms with Crippen LogP contribution in [-0.2, 0) is 17.6 Å². The predicted molar refractivity (Wildman–Crippen MR) is 99.0 cm³/mol.